The number of hydrogen-bond donors (Lipinski definition) is 0. The Morgan fingerprint density at radius 2 is 2.14 bits per heavy atom. The fourth-order valence-electron chi connectivity index (χ4n) is 0.732. The fraction of sp³-hybridized carbons (Fsp3) is 0.222. The second-order valence-corrected chi connectivity index (χ2v) is 5.12. The minimum absolute atomic E-state index is 0.000720. The molecule has 0 atom stereocenters. The van der Waals surface area contributed by atoms with Crippen molar-refractivity contribution >= 4 is 44.5 Å². The summed E-state index contributed by atoms with van der Waals surface area (Å²) in [5.41, 5.74) is 0. The van der Waals surface area contributed by atoms with Crippen molar-refractivity contribution in [3.05, 3.63) is 27.7 Å². The zero-order valence-electron chi connectivity index (χ0n) is 7.75. The van der Waals surface area contributed by atoms with E-state index in [1.54, 1.807) is 20.2 Å². The molecule has 14 heavy (non-hydrogen) atoms. The van der Waals surface area contributed by atoms with Crippen molar-refractivity contribution < 1.29 is 4.79 Å². The van der Waals surface area contributed by atoms with Crippen LogP contribution in [0, 0.1) is 0 Å². The van der Waals surface area contributed by atoms with Crippen LogP contribution in [0.2, 0.25) is 5.02 Å². The molecule has 0 saturated heterocycles. The molecule has 2 nitrogen and oxygen atoms in total. The molecule has 0 unspecified atom stereocenters. The van der Waals surface area contributed by atoms with E-state index in [0.717, 1.165) is 9.37 Å². The van der Waals surface area contributed by atoms with Crippen LogP contribution >= 0.6 is 39.3 Å². The van der Waals surface area contributed by atoms with Gasteiger partial charge in [0.05, 0.1) is 5.02 Å². The molecule has 0 radical (unpaired) electrons. The van der Waals surface area contributed by atoms with Gasteiger partial charge in [0.1, 0.15) is 0 Å². The third-order valence-corrected chi connectivity index (χ3v) is 3.70. The van der Waals surface area contributed by atoms with Crippen molar-refractivity contribution in [1.82, 2.24) is 4.90 Å². The summed E-state index contributed by atoms with van der Waals surface area (Å²) in [7, 11) is 3.45. The SMILES string of the molecule is CN(C)C(=O)Sc1ccc(Cl)c(Br)c1. The molecule has 0 aliphatic rings. The summed E-state index contributed by atoms with van der Waals surface area (Å²) in [6.45, 7) is 0. The number of carbonyl (C=O) groups excluding carboxylic acids is 1. The van der Waals surface area contributed by atoms with Gasteiger partial charge in [-0.3, -0.25) is 4.79 Å². The normalized spacial score (nSPS) is 10.0. The number of halogens is 2. The van der Waals surface area contributed by atoms with E-state index in [1.165, 1.54) is 16.7 Å². The Hall–Kier alpha value is -0.190. The maximum absolute atomic E-state index is 11.3. The van der Waals surface area contributed by atoms with Gasteiger partial charge in [-0.15, -0.1) is 0 Å². The standard InChI is InChI=1S/C9H9BrClNOS/c1-12(2)9(13)14-6-3-4-8(11)7(10)5-6/h3-5H,1-2H3. The van der Waals surface area contributed by atoms with E-state index < -0.39 is 0 Å². The highest BCUT2D eigenvalue weighted by Crippen LogP contribution is 2.29. The number of benzene rings is 1. The Bertz CT molecular complexity index is 357. The Morgan fingerprint density at radius 1 is 1.50 bits per heavy atom. The molecule has 1 rings (SSSR count). The van der Waals surface area contributed by atoms with Gasteiger partial charge in [0.2, 0.25) is 0 Å². The van der Waals surface area contributed by atoms with Crippen LogP contribution in [0.3, 0.4) is 0 Å². The molecule has 0 heterocycles. The summed E-state index contributed by atoms with van der Waals surface area (Å²) in [4.78, 5) is 13.8. The van der Waals surface area contributed by atoms with Crippen LogP contribution in [0.25, 0.3) is 0 Å². The van der Waals surface area contributed by atoms with Crippen molar-refractivity contribution in [3.8, 4) is 0 Å². The van der Waals surface area contributed by atoms with E-state index in [9.17, 15) is 4.79 Å². The number of carbonyl (C=O) groups is 1. The van der Waals surface area contributed by atoms with Crippen molar-refractivity contribution in [2.45, 2.75) is 4.90 Å². The van der Waals surface area contributed by atoms with E-state index >= 15 is 0 Å². The van der Waals surface area contributed by atoms with Crippen LogP contribution in [0.15, 0.2) is 27.6 Å². The maximum atomic E-state index is 11.3. The first-order valence-electron chi connectivity index (χ1n) is 3.85. The molecular weight excluding hydrogens is 286 g/mol. The predicted molar refractivity (Wildman–Crippen MR) is 64.1 cm³/mol. The first-order valence-corrected chi connectivity index (χ1v) is 5.83. The smallest absolute Gasteiger partial charge is 0.285 e. The van der Waals surface area contributed by atoms with Gasteiger partial charge in [-0.2, -0.15) is 0 Å². The van der Waals surface area contributed by atoms with Crippen LogP contribution in [0.1, 0.15) is 0 Å². The molecule has 1 aromatic rings. The van der Waals surface area contributed by atoms with Crippen LogP contribution in [0.4, 0.5) is 4.79 Å². The van der Waals surface area contributed by atoms with E-state index in [-0.39, 0.29) is 5.24 Å². The maximum Gasteiger partial charge on any atom is 0.285 e. The average molecular weight is 295 g/mol. The van der Waals surface area contributed by atoms with Crippen molar-refractivity contribution in [1.29, 1.82) is 0 Å². The number of hydrogen-bond acceptors (Lipinski definition) is 2. The number of rotatable bonds is 1. The molecular formula is C9H9BrClNOS. The molecule has 0 aromatic heterocycles. The van der Waals surface area contributed by atoms with Gasteiger partial charge in [-0.05, 0) is 45.9 Å². The average Bonchev–Trinajstić information content (AvgIpc) is 2.11. The highest BCUT2D eigenvalue weighted by molar-refractivity contribution is 9.10. The fourth-order valence-corrected chi connectivity index (χ4v) is 2.08. The van der Waals surface area contributed by atoms with Crippen LogP contribution < -0.4 is 0 Å². The van der Waals surface area contributed by atoms with Gasteiger partial charge in [-0.25, -0.2) is 0 Å². The zero-order valence-corrected chi connectivity index (χ0v) is 10.9. The van der Waals surface area contributed by atoms with Gasteiger partial charge >= 0.3 is 0 Å². The van der Waals surface area contributed by atoms with Gasteiger partial charge in [-0.1, -0.05) is 11.6 Å². The molecule has 0 bridgehead atoms. The Labute approximate surface area is 101 Å². The highest BCUT2D eigenvalue weighted by Gasteiger charge is 2.07. The van der Waals surface area contributed by atoms with Gasteiger partial charge in [0.15, 0.2) is 0 Å². The lowest BCUT2D eigenvalue weighted by molar-refractivity contribution is 0.241. The zero-order chi connectivity index (χ0) is 10.7. The quantitative estimate of drug-likeness (QED) is 0.733. The minimum atomic E-state index is -0.000720. The molecule has 0 aliphatic carbocycles. The number of thioether (sulfide) groups is 1. The Morgan fingerprint density at radius 3 is 2.64 bits per heavy atom. The lowest BCUT2D eigenvalue weighted by Gasteiger charge is -2.09. The molecule has 76 valence electrons. The second kappa shape index (κ2) is 5.05. The molecule has 0 aliphatic heterocycles. The third-order valence-electron chi connectivity index (χ3n) is 1.46. The summed E-state index contributed by atoms with van der Waals surface area (Å²) in [5, 5.41) is 0.644. The predicted octanol–water partition coefficient (Wildman–Crippen LogP) is 3.88. The second-order valence-electron chi connectivity index (χ2n) is 2.84. The molecule has 0 N–H and O–H groups in total. The summed E-state index contributed by atoms with van der Waals surface area (Å²) in [5.74, 6) is 0. The summed E-state index contributed by atoms with van der Waals surface area (Å²) < 4.78 is 0.802. The van der Waals surface area contributed by atoms with Crippen molar-refractivity contribution in [2.24, 2.45) is 0 Å². The molecule has 0 saturated carbocycles. The molecule has 1 aromatic carbocycles. The van der Waals surface area contributed by atoms with Crippen LogP contribution in [0.5, 0.6) is 0 Å². The number of nitrogens with zero attached hydrogens (tertiary/aromatic N) is 1. The molecule has 1 amide bonds. The van der Waals surface area contributed by atoms with Crippen LogP contribution in [-0.4, -0.2) is 24.2 Å². The Balaban J connectivity index is 2.78. The molecule has 5 heteroatoms. The first kappa shape index (κ1) is 11.9. The lowest BCUT2D eigenvalue weighted by Crippen LogP contribution is -2.15. The monoisotopic (exact) mass is 293 g/mol. The molecule has 0 fully saturated rings. The lowest BCUT2D eigenvalue weighted by atomic mass is 10.4. The topological polar surface area (TPSA) is 20.3 Å². The van der Waals surface area contributed by atoms with Gasteiger partial charge in [0.25, 0.3) is 5.24 Å². The van der Waals surface area contributed by atoms with E-state index in [2.05, 4.69) is 15.9 Å². The van der Waals surface area contributed by atoms with E-state index in [1.807, 2.05) is 12.1 Å². The van der Waals surface area contributed by atoms with E-state index in [4.69, 9.17) is 11.6 Å². The van der Waals surface area contributed by atoms with Gasteiger partial charge < -0.3 is 4.90 Å². The summed E-state index contributed by atoms with van der Waals surface area (Å²) >= 11 is 10.3. The largest absolute Gasteiger partial charge is 0.339 e. The van der Waals surface area contributed by atoms with Gasteiger partial charge in [0, 0.05) is 23.5 Å². The third kappa shape index (κ3) is 3.19. The minimum Gasteiger partial charge on any atom is -0.339 e. The number of amides is 1. The Kier molecular flexibility index (Phi) is 4.29. The summed E-state index contributed by atoms with van der Waals surface area (Å²) in [6, 6.07) is 5.41. The molecule has 0 spiro atoms. The van der Waals surface area contributed by atoms with E-state index in [0.29, 0.717) is 5.02 Å². The first-order chi connectivity index (χ1) is 6.50. The van der Waals surface area contributed by atoms with Crippen molar-refractivity contribution in [2.75, 3.05) is 14.1 Å². The summed E-state index contributed by atoms with van der Waals surface area (Å²) in [6.07, 6.45) is 0. The highest BCUT2D eigenvalue weighted by atomic mass is 79.9. The van der Waals surface area contributed by atoms with Crippen LogP contribution in [-0.2, 0) is 0 Å². The van der Waals surface area contributed by atoms with Crippen molar-refractivity contribution in [3.63, 3.8) is 0 Å².